The molecule has 0 aliphatic carbocycles. The molecule has 0 saturated heterocycles. The van der Waals surface area contributed by atoms with Crippen molar-refractivity contribution >= 4 is 0 Å². The van der Waals surface area contributed by atoms with Crippen LogP contribution in [-0.2, 0) is 13.0 Å². The Morgan fingerprint density at radius 2 is 2.08 bits per heavy atom. The van der Waals surface area contributed by atoms with Gasteiger partial charge in [0.15, 0.2) is 18.4 Å². The van der Waals surface area contributed by atoms with Crippen LogP contribution in [0.5, 0.6) is 0 Å². The number of aromatic nitrogens is 1. The molecule has 0 spiro atoms. The van der Waals surface area contributed by atoms with E-state index < -0.39 is 0 Å². The van der Waals surface area contributed by atoms with Crippen molar-refractivity contribution in [1.29, 1.82) is 0 Å². The molecule has 0 unspecified atom stereocenters. The van der Waals surface area contributed by atoms with Gasteiger partial charge in [0.25, 0.3) is 0 Å². The van der Waals surface area contributed by atoms with Crippen LogP contribution in [0, 0.1) is 5.92 Å². The number of pyridine rings is 1. The Balaban J connectivity index is 2.82. The summed E-state index contributed by atoms with van der Waals surface area (Å²) in [6.07, 6.45) is 3.28. The standard InChI is InChI=1S/C11H18N/c1-4-11-7-5-6-8-12(11)9-10(2)3/h5-8,10H,4,9H2,1-3H3/q+1. The normalized spacial score (nSPS) is 10.7. The van der Waals surface area contributed by atoms with Crippen molar-refractivity contribution in [3.8, 4) is 0 Å². The van der Waals surface area contributed by atoms with Gasteiger partial charge < -0.3 is 0 Å². The first kappa shape index (κ1) is 9.24. The molecule has 1 aromatic rings. The summed E-state index contributed by atoms with van der Waals surface area (Å²) in [4.78, 5) is 0. The molecule has 1 heterocycles. The predicted molar refractivity (Wildman–Crippen MR) is 50.9 cm³/mol. The molecule has 0 aliphatic heterocycles. The van der Waals surface area contributed by atoms with Crippen LogP contribution in [0.15, 0.2) is 24.4 Å². The highest BCUT2D eigenvalue weighted by Crippen LogP contribution is 1.96. The largest absolute Gasteiger partial charge is 0.202 e. The minimum atomic E-state index is 0.725. The van der Waals surface area contributed by atoms with Gasteiger partial charge in [0.05, 0.1) is 0 Å². The lowest BCUT2D eigenvalue weighted by atomic mass is 10.2. The molecule has 0 aliphatic rings. The van der Waals surface area contributed by atoms with E-state index in [9.17, 15) is 0 Å². The van der Waals surface area contributed by atoms with Crippen LogP contribution in [0.25, 0.3) is 0 Å². The van der Waals surface area contributed by atoms with Crippen molar-refractivity contribution in [2.24, 2.45) is 5.92 Å². The summed E-state index contributed by atoms with van der Waals surface area (Å²) in [5.74, 6) is 0.725. The highest BCUT2D eigenvalue weighted by Gasteiger charge is 2.08. The summed E-state index contributed by atoms with van der Waals surface area (Å²) in [5.41, 5.74) is 1.42. The molecule has 0 bridgehead atoms. The third kappa shape index (κ3) is 2.33. The van der Waals surface area contributed by atoms with E-state index in [0.29, 0.717) is 0 Å². The average Bonchev–Trinajstić information content (AvgIpc) is 2.04. The van der Waals surface area contributed by atoms with Crippen molar-refractivity contribution in [1.82, 2.24) is 0 Å². The van der Waals surface area contributed by atoms with Crippen LogP contribution in [0.1, 0.15) is 26.5 Å². The zero-order valence-electron chi connectivity index (χ0n) is 8.25. The Hall–Kier alpha value is -0.850. The van der Waals surface area contributed by atoms with Gasteiger partial charge in [0, 0.05) is 24.5 Å². The molecule has 0 fully saturated rings. The van der Waals surface area contributed by atoms with Crippen molar-refractivity contribution in [2.75, 3.05) is 0 Å². The smallest absolute Gasteiger partial charge is 0.181 e. The third-order valence-electron chi connectivity index (χ3n) is 1.96. The summed E-state index contributed by atoms with van der Waals surface area (Å²) in [6, 6.07) is 6.40. The van der Waals surface area contributed by atoms with Gasteiger partial charge in [0.2, 0.25) is 0 Å². The maximum absolute atomic E-state index is 2.34. The molecule has 0 atom stereocenters. The van der Waals surface area contributed by atoms with Gasteiger partial charge >= 0.3 is 0 Å². The fourth-order valence-corrected chi connectivity index (χ4v) is 1.40. The Labute approximate surface area is 75.1 Å². The number of hydrogen-bond donors (Lipinski definition) is 0. The van der Waals surface area contributed by atoms with Crippen LogP contribution in [0.4, 0.5) is 0 Å². The first-order valence-corrected chi connectivity index (χ1v) is 4.71. The number of nitrogens with zero attached hydrogens (tertiary/aromatic N) is 1. The van der Waals surface area contributed by atoms with Crippen LogP contribution >= 0.6 is 0 Å². The lowest BCUT2D eigenvalue weighted by Crippen LogP contribution is -2.39. The molecule has 0 radical (unpaired) electrons. The minimum Gasteiger partial charge on any atom is -0.202 e. The van der Waals surface area contributed by atoms with E-state index in [2.05, 4.69) is 49.7 Å². The van der Waals surface area contributed by atoms with Crippen LogP contribution < -0.4 is 4.57 Å². The van der Waals surface area contributed by atoms with E-state index in [-0.39, 0.29) is 0 Å². The summed E-state index contributed by atoms with van der Waals surface area (Å²) >= 11 is 0. The first-order chi connectivity index (χ1) is 5.74. The van der Waals surface area contributed by atoms with Crippen molar-refractivity contribution in [3.63, 3.8) is 0 Å². The zero-order valence-corrected chi connectivity index (χ0v) is 8.25. The van der Waals surface area contributed by atoms with Gasteiger partial charge in [-0.1, -0.05) is 26.8 Å². The summed E-state index contributed by atoms with van der Waals surface area (Å²) in [7, 11) is 0. The zero-order chi connectivity index (χ0) is 8.97. The van der Waals surface area contributed by atoms with Crippen molar-refractivity contribution in [2.45, 2.75) is 33.7 Å². The predicted octanol–water partition coefficient (Wildman–Crippen LogP) is 2.19. The molecule has 12 heavy (non-hydrogen) atoms. The maximum atomic E-state index is 2.34. The number of aryl methyl sites for hydroxylation is 1. The lowest BCUT2D eigenvalue weighted by molar-refractivity contribution is -0.709. The van der Waals surface area contributed by atoms with Gasteiger partial charge in [-0.2, -0.15) is 0 Å². The van der Waals surface area contributed by atoms with E-state index in [0.717, 1.165) is 18.9 Å². The molecule has 0 N–H and O–H groups in total. The van der Waals surface area contributed by atoms with Crippen LogP contribution in [-0.4, -0.2) is 0 Å². The average molecular weight is 164 g/mol. The Kier molecular flexibility index (Phi) is 3.27. The first-order valence-electron chi connectivity index (χ1n) is 4.71. The Bertz CT molecular complexity index is 241. The Morgan fingerprint density at radius 1 is 1.33 bits per heavy atom. The minimum absolute atomic E-state index is 0.725. The molecular formula is C11H18N+. The molecule has 0 amide bonds. The number of rotatable bonds is 3. The van der Waals surface area contributed by atoms with Gasteiger partial charge in [0.1, 0.15) is 0 Å². The van der Waals surface area contributed by atoms with E-state index in [4.69, 9.17) is 0 Å². The highest BCUT2D eigenvalue weighted by molar-refractivity contribution is 4.96. The Morgan fingerprint density at radius 3 is 2.67 bits per heavy atom. The van der Waals surface area contributed by atoms with Crippen LogP contribution in [0.2, 0.25) is 0 Å². The van der Waals surface area contributed by atoms with Crippen LogP contribution in [0.3, 0.4) is 0 Å². The second-order valence-electron chi connectivity index (χ2n) is 3.59. The van der Waals surface area contributed by atoms with Gasteiger partial charge in [-0.25, -0.2) is 4.57 Å². The molecule has 1 aromatic heterocycles. The summed E-state index contributed by atoms with van der Waals surface area (Å²) in [6.45, 7) is 7.83. The fourth-order valence-electron chi connectivity index (χ4n) is 1.40. The van der Waals surface area contributed by atoms with E-state index in [1.54, 1.807) is 0 Å². The van der Waals surface area contributed by atoms with E-state index in [1.165, 1.54) is 5.69 Å². The lowest BCUT2D eigenvalue weighted by Gasteiger charge is -2.03. The third-order valence-corrected chi connectivity index (χ3v) is 1.96. The monoisotopic (exact) mass is 164 g/mol. The van der Waals surface area contributed by atoms with E-state index in [1.807, 2.05) is 0 Å². The quantitative estimate of drug-likeness (QED) is 0.603. The molecule has 1 rings (SSSR count). The summed E-state index contributed by atoms with van der Waals surface area (Å²) < 4.78 is 2.34. The highest BCUT2D eigenvalue weighted by atomic mass is 15.0. The van der Waals surface area contributed by atoms with Crippen molar-refractivity contribution in [3.05, 3.63) is 30.1 Å². The molecule has 0 aromatic carbocycles. The molecule has 1 heteroatoms. The molecule has 66 valence electrons. The second-order valence-corrected chi connectivity index (χ2v) is 3.59. The van der Waals surface area contributed by atoms with Gasteiger partial charge in [-0.05, 0) is 0 Å². The SMILES string of the molecule is CCc1cccc[n+]1CC(C)C. The van der Waals surface area contributed by atoms with Gasteiger partial charge in [-0.15, -0.1) is 0 Å². The fraction of sp³-hybridized carbons (Fsp3) is 0.545. The molecule has 1 nitrogen and oxygen atoms in total. The van der Waals surface area contributed by atoms with E-state index >= 15 is 0 Å². The molecule has 0 saturated carbocycles. The maximum Gasteiger partial charge on any atom is 0.181 e. The second kappa shape index (κ2) is 4.24. The van der Waals surface area contributed by atoms with Gasteiger partial charge in [-0.3, -0.25) is 0 Å². The topological polar surface area (TPSA) is 3.88 Å². The van der Waals surface area contributed by atoms with Crippen molar-refractivity contribution < 1.29 is 4.57 Å². The summed E-state index contributed by atoms with van der Waals surface area (Å²) in [5, 5.41) is 0. The molecular weight excluding hydrogens is 146 g/mol. The number of hydrogen-bond acceptors (Lipinski definition) is 0.